The van der Waals surface area contributed by atoms with Gasteiger partial charge in [0.1, 0.15) is 0 Å². The molecule has 12 rings (SSSR count). The molecule has 0 saturated heterocycles. The Labute approximate surface area is 335 Å². The van der Waals surface area contributed by atoms with Gasteiger partial charge < -0.3 is 4.57 Å². The van der Waals surface area contributed by atoms with Crippen molar-refractivity contribution in [2.45, 2.75) is 0 Å². The number of rotatable bonds is 5. The number of hydrogen-bond donors (Lipinski definition) is 0. The third-order valence-electron chi connectivity index (χ3n) is 11.1. The van der Waals surface area contributed by atoms with Gasteiger partial charge in [-0.3, -0.25) is 0 Å². The molecule has 8 aromatic carbocycles. The molecule has 0 bridgehead atoms. The molecule has 4 heterocycles. The first-order valence-electron chi connectivity index (χ1n) is 19.0. The fourth-order valence-corrected chi connectivity index (χ4v) is 11.0. The molecule has 0 aliphatic rings. The number of fused-ring (bicyclic) bond motifs is 9. The summed E-state index contributed by atoms with van der Waals surface area (Å²) in [6.07, 6.45) is 0. The molecular weight excluding hydrogens is 733 g/mol. The van der Waals surface area contributed by atoms with Crippen LogP contribution in [-0.4, -0.2) is 19.5 Å². The topological polar surface area (TPSA) is 43.6 Å². The minimum absolute atomic E-state index is 0.658. The van der Waals surface area contributed by atoms with E-state index < -0.39 is 0 Å². The van der Waals surface area contributed by atoms with Crippen LogP contribution in [0.2, 0.25) is 0 Å². The lowest BCUT2D eigenvalue weighted by atomic mass is 9.96. The third-order valence-corrected chi connectivity index (χ3v) is 13.4. The summed E-state index contributed by atoms with van der Waals surface area (Å²) in [6, 6.07) is 64.7. The van der Waals surface area contributed by atoms with Crippen LogP contribution in [0, 0.1) is 0 Å². The average molecular weight is 763 g/mol. The van der Waals surface area contributed by atoms with Crippen LogP contribution in [0.25, 0.3) is 113 Å². The van der Waals surface area contributed by atoms with E-state index >= 15 is 0 Å². The van der Waals surface area contributed by atoms with Crippen LogP contribution < -0.4 is 0 Å². The zero-order chi connectivity index (χ0) is 37.5. The maximum absolute atomic E-state index is 5.18. The highest BCUT2D eigenvalue weighted by Gasteiger charge is 2.22. The summed E-state index contributed by atoms with van der Waals surface area (Å²) in [5.74, 6) is 1.98. The van der Waals surface area contributed by atoms with Crippen molar-refractivity contribution in [1.82, 2.24) is 19.5 Å². The van der Waals surface area contributed by atoms with Crippen LogP contribution in [0.3, 0.4) is 0 Å². The van der Waals surface area contributed by atoms with Gasteiger partial charge in [-0.15, -0.1) is 22.7 Å². The largest absolute Gasteiger partial charge is 0.309 e. The van der Waals surface area contributed by atoms with Gasteiger partial charge >= 0.3 is 0 Å². The summed E-state index contributed by atoms with van der Waals surface area (Å²) < 4.78 is 7.44. The lowest BCUT2D eigenvalue weighted by Crippen LogP contribution is -2.00. The fraction of sp³-hybridized carbons (Fsp3) is 0. The van der Waals surface area contributed by atoms with Gasteiger partial charge in [-0.25, -0.2) is 15.0 Å². The first-order chi connectivity index (χ1) is 28.3. The van der Waals surface area contributed by atoms with Gasteiger partial charge in [0.05, 0.1) is 16.7 Å². The van der Waals surface area contributed by atoms with Gasteiger partial charge in [0, 0.05) is 73.4 Å². The molecule has 6 heteroatoms. The third kappa shape index (κ3) is 5.01. The number of benzene rings is 8. The van der Waals surface area contributed by atoms with Crippen molar-refractivity contribution in [2.24, 2.45) is 0 Å². The summed E-state index contributed by atoms with van der Waals surface area (Å²) in [7, 11) is 0. The van der Waals surface area contributed by atoms with Gasteiger partial charge in [0.15, 0.2) is 17.5 Å². The second-order valence-electron chi connectivity index (χ2n) is 14.3. The van der Waals surface area contributed by atoms with E-state index in [1.807, 2.05) is 59.1 Å². The number of para-hydroxylation sites is 2. The molecule has 0 saturated carbocycles. The molecule has 266 valence electrons. The molecule has 12 aromatic rings. The zero-order valence-electron chi connectivity index (χ0n) is 30.4. The van der Waals surface area contributed by atoms with Crippen LogP contribution in [-0.2, 0) is 0 Å². The van der Waals surface area contributed by atoms with Crippen LogP contribution in [0.1, 0.15) is 0 Å². The summed E-state index contributed by atoms with van der Waals surface area (Å²) in [5, 5.41) is 7.47. The van der Waals surface area contributed by atoms with Crippen molar-refractivity contribution in [3.8, 4) is 51.0 Å². The Morgan fingerprint density at radius 1 is 0.333 bits per heavy atom. The minimum Gasteiger partial charge on any atom is -0.309 e. The normalized spacial score (nSPS) is 11.9. The van der Waals surface area contributed by atoms with Gasteiger partial charge in [-0.05, 0) is 42.0 Å². The smallest absolute Gasteiger partial charge is 0.164 e. The molecule has 0 aliphatic heterocycles. The van der Waals surface area contributed by atoms with Gasteiger partial charge in [0.25, 0.3) is 0 Å². The first kappa shape index (κ1) is 32.3. The number of thiophene rings is 2. The molecular formula is C51H30N4S2. The SMILES string of the molecule is c1ccc(-c2nc(-c3ccccc3)nc(-c3cccc4sc5cccc(-c6cccc7c6sc6cccc(-n8c9ccccc9c9ccccc98)c67)c5c34)n2)cc1. The Kier molecular flexibility index (Phi) is 7.24. The number of aromatic nitrogens is 4. The predicted octanol–water partition coefficient (Wildman–Crippen LogP) is 14.4. The molecule has 0 amide bonds. The Hall–Kier alpha value is -6.99. The molecule has 0 radical (unpaired) electrons. The Bertz CT molecular complexity index is 3410. The predicted molar refractivity (Wildman–Crippen MR) is 242 cm³/mol. The zero-order valence-corrected chi connectivity index (χ0v) is 32.1. The molecule has 4 nitrogen and oxygen atoms in total. The molecule has 0 N–H and O–H groups in total. The van der Waals surface area contributed by atoms with E-state index in [-0.39, 0.29) is 0 Å². The lowest BCUT2D eigenvalue weighted by molar-refractivity contribution is 1.08. The van der Waals surface area contributed by atoms with E-state index in [4.69, 9.17) is 15.0 Å². The Balaban J connectivity index is 1.11. The molecule has 0 aliphatic carbocycles. The fourth-order valence-electron chi connectivity index (χ4n) is 8.62. The summed E-state index contributed by atoms with van der Waals surface area (Å²) >= 11 is 3.70. The second kappa shape index (κ2) is 12.8. The molecule has 4 aromatic heterocycles. The Morgan fingerprint density at radius 2 is 0.807 bits per heavy atom. The summed E-state index contributed by atoms with van der Waals surface area (Å²) in [6.45, 7) is 0. The van der Waals surface area contributed by atoms with E-state index in [2.05, 4.69) is 150 Å². The second-order valence-corrected chi connectivity index (χ2v) is 16.4. The van der Waals surface area contributed by atoms with Crippen LogP contribution >= 0.6 is 22.7 Å². The van der Waals surface area contributed by atoms with E-state index in [9.17, 15) is 0 Å². The van der Waals surface area contributed by atoms with Crippen molar-refractivity contribution in [3.63, 3.8) is 0 Å². The van der Waals surface area contributed by atoms with Crippen molar-refractivity contribution in [3.05, 3.63) is 182 Å². The average Bonchev–Trinajstić information content (AvgIpc) is 3.97. The highest BCUT2D eigenvalue weighted by molar-refractivity contribution is 7.27. The van der Waals surface area contributed by atoms with Crippen LogP contribution in [0.4, 0.5) is 0 Å². The monoisotopic (exact) mass is 762 g/mol. The van der Waals surface area contributed by atoms with Gasteiger partial charge in [-0.1, -0.05) is 146 Å². The molecule has 57 heavy (non-hydrogen) atoms. The maximum atomic E-state index is 5.18. The molecule has 0 spiro atoms. The van der Waals surface area contributed by atoms with E-state index in [0.29, 0.717) is 17.5 Å². The van der Waals surface area contributed by atoms with Crippen molar-refractivity contribution in [1.29, 1.82) is 0 Å². The quantitative estimate of drug-likeness (QED) is 0.175. The summed E-state index contributed by atoms with van der Waals surface area (Å²) in [5.41, 5.74) is 8.99. The highest BCUT2D eigenvalue weighted by atomic mass is 32.1. The molecule has 0 atom stereocenters. The van der Waals surface area contributed by atoms with Crippen molar-refractivity contribution < 1.29 is 0 Å². The van der Waals surface area contributed by atoms with E-state index in [1.165, 1.54) is 79.0 Å². The minimum atomic E-state index is 0.658. The standard InChI is InChI=1S/C51H30N4S2/c1-3-15-31(16-4-1)49-52-50(32-17-5-2-6-18-32)54-51(53-49)38-24-13-29-44-47(38)46-35(21-12-28-43(46)56-44)36-22-11-23-37-45-41(27-14-30-42(45)57-48(36)37)55-39-25-9-7-19-33(39)34-20-8-10-26-40(34)55/h1-30H. The molecule has 0 unspecified atom stereocenters. The van der Waals surface area contributed by atoms with Gasteiger partial charge in [-0.2, -0.15) is 0 Å². The number of nitrogens with zero attached hydrogens (tertiary/aromatic N) is 4. The van der Waals surface area contributed by atoms with Crippen LogP contribution in [0.15, 0.2) is 182 Å². The van der Waals surface area contributed by atoms with Crippen molar-refractivity contribution in [2.75, 3.05) is 0 Å². The van der Waals surface area contributed by atoms with Crippen molar-refractivity contribution >= 4 is 84.8 Å². The van der Waals surface area contributed by atoms with E-state index in [1.54, 1.807) is 0 Å². The van der Waals surface area contributed by atoms with Crippen LogP contribution in [0.5, 0.6) is 0 Å². The molecule has 0 fully saturated rings. The lowest BCUT2D eigenvalue weighted by Gasteiger charge is -2.11. The maximum Gasteiger partial charge on any atom is 0.164 e. The summed E-state index contributed by atoms with van der Waals surface area (Å²) in [4.78, 5) is 15.3. The first-order valence-corrected chi connectivity index (χ1v) is 20.7. The van der Waals surface area contributed by atoms with E-state index in [0.717, 1.165) is 16.7 Å². The highest BCUT2D eigenvalue weighted by Crippen LogP contribution is 2.48. The number of hydrogen-bond acceptors (Lipinski definition) is 5. The van der Waals surface area contributed by atoms with Gasteiger partial charge in [0.2, 0.25) is 0 Å². The Morgan fingerprint density at radius 3 is 1.46 bits per heavy atom.